The summed E-state index contributed by atoms with van der Waals surface area (Å²) in [5.74, 6) is 0.620. The molecule has 0 fully saturated rings. The fourth-order valence-electron chi connectivity index (χ4n) is 1.56. The zero-order valence-corrected chi connectivity index (χ0v) is 11.8. The van der Waals surface area contributed by atoms with Gasteiger partial charge < -0.3 is 11.1 Å². The smallest absolute Gasteiger partial charge is 0.237 e. The van der Waals surface area contributed by atoms with E-state index < -0.39 is 10.8 Å². The molecule has 1 amide bonds. The molecule has 1 aromatic rings. The average Bonchev–Trinajstić information content (AvgIpc) is 2.20. The molecule has 0 bridgehead atoms. The molecule has 1 aromatic carbocycles. The van der Waals surface area contributed by atoms with Crippen molar-refractivity contribution in [1.29, 1.82) is 0 Å². The fraction of sp³-hybridized carbons (Fsp3) is 0.462. The van der Waals surface area contributed by atoms with Crippen LogP contribution in [0.4, 0.5) is 11.4 Å². The number of anilines is 2. The molecule has 4 nitrogen and oxygen atoms in total. The molecule has 5 heteroatoms. The van der Waals surface area contributed by atoms with Crippen LogP contribution in [0.5, 0.6) is 0 Å². The van der Waals surface area contributed by atoms with E-state index in [1.54, 1.807) is 12.1 Å². The molecule has 0 saturated heterocycles. The number of nitrogens with two attached hydrogens (primary N) is 1. The van der Waals surface area contributed by atoms with Crippen molar-refractivity contribution in [2.45, 2.75) is 20.8 Å². The highest BCUT2D eigenvalue weighted by atomic mass is 32.2. The van der Waals surface area contributed by atoms with E-state index in [2.05, 4.69) is 5.32 Å². The normalized spacial score (nSPS) is 12.4. The first-order chi connectivity index (χ1) is 8.38. The van der Waals surface area contributed by atoms with Gasteiger partial charge in [-0.1, -0.05) is 19.9 Å². The molecule has 1 unspecified atom stereocenters. The zero-order chi connectivity index (χ0) is 13.7. The Labute approximate surface area is 110 Å². The van der Waals surface area contributed by atoms with Crippen molar-refractivity contribution < 1.29 is 9.00 Å². The van der Waals surface area contributed by atoms with Crippen molar-refractivity contribution in [3.63, 3.8) is 0 Å². The summed E-state index contributed by atoms with van der Waals surface area (Å²) in [7, 11) is -1.12. The van der Waals surface area contributed by atoms with Gasteiger partial charge in [-0.25, -0.2) is 0 Å². The lowest BCUT2D eigenvalue weighted by Crippen LogP contribution is -2.22. The van der Waals surface area contributed by atoms with Gasteiger partial charge in [-0.05, 0) is 30.5 Å². The van der Waals surface area contributed by atoms with E-state index in [9.17, 15) is 9.00 Å². The molecule has 1 rings (SSSR count). The molecule has 0 radical (unpaired) electrons. The summed E-state index contributed by atoms with van der Waals surface area (Å²) in [5.41, 5.74) is 7.93. The molecule has 100 valence electrons. The average molecular weight is 268 g/mol. The van der Waals surface area contributed by atoms with Crippen LogP contribution in [0.2, 0.25) is 0 Å². The maximum atomic E-state index is 11.7. The Morgan fingerprint density at radius 3 is 2.67 bits per heavy atom. The van der Waals surface area contributed by atoms with E-state index >= 15 is 0 Å². The largest absolute Gasteiger partial charge is 0.397 e. The minimum Gasteiger partial charge on any atom is -0.397 e. The summed E-state index contributed by atoms with van der Waals surface area (Å²) in [6, 6.07) is 5.42. The monoisotopic (exact) mass is 268 g/mol. The topological polar surface area (TPSA) is 72.2 Å². The van der Waals surface area contributed by atoms with Gasteiger partial charge in [-0.2, -0.15) is 0 Å². The first-order valence-electron chi connectivity index (χ1n) is 5.89. The molecule has 0 aromatic heterocycles. The van der Waals surface area contributed by atoms with E-state index in [-0.39, 0.29) is 11.7 Å². The van der Waals surface area contributed by atoms with Crippen molar-refractivity contribution in [2.75, 3.05) is 22.6 Å². The molecule has 0 heterocycles. The Morgan fingerprint density at radius 2 is 2.11 bits per heavy atom. The van der Waals surface area contributed by atoms with E-state index in [4.69, 9.17) is 5.73 Å². The van der Waals surface area contributed by atoms with Crippen LogP contribution in [-0.2, 0) is 15.6 Å². The second kappa shape index (κ2) is 6.54. The van der Waals surface area contributed by atoms with Crippen LogP contribution in [0.3, 0.4) is 0 Å². The zero-order valence-electron chi connectivity index (χ0n) is 11.0. The molecule has 0 aliphatic carbocycles. The summed E-state index contributed by atoms with van der Waals surface area (Å²) in [6.07, 6.45) is 0. The lowest BCUT2D eigenvalue weighted by Gasteiger charge is -2.09. The molecule has 0 aliphatic rings. The highest BCUT2D eigenvalue weighted by molar-refractivity contribution is 7.85. The lowest BCUT2D eigenvalue weighted by atomic mass is 10.2. The molecule has 0 spiro atoms. The van der Waals surface area contributed by atoms with Gasteiger partial charge in [0.2, 0.25) is 5.91 Å². The first-order valence-corrected chi connectivity index (χ1v) is 7.38. The molecule has 3 N–H and O–H groups in total. The Balaban J connectivity index is 2.57. The number of amides is 1. The van der Waals surface area contributed by atoms with Gasteiger partial charge >= 0.3 is 0 Å². The van der Waals surface area contributed by atoms with Gasteiger partial charge in [-0.3, -0.25) is 9.00 Å². The Bertz CT molecular complexity index is 458. The Kier molecular flexibility index (Phi) is 5.34. The third-order valence-electron chi connectivity index (χ3n) is 2.29. The van der Waals surface area contributed by atoms with Gasteiger partial charge in [0.25, 0.3) is 0 Å². The fourth-order valence-corrected chi connectivity index (χ4v) is 2.79. The molecule has 0 saturated carbocycles. The summed E-state index contributed by atoms with van der Waals surface area (Å²) in [5, 5.41) is 2.68. The standard InChI is InChI=1S/C13H20N2O2S/c1-9(2)7-18(17)8-13(16)15-12-5-4-10(3)6-11(12)14/h4-6,9H,7-8,14H2,1-3H3,(H,15,16). The predicted octanol–water partition coefficient (Wildman–Crippen LogP) is 1.92. The molecule has 0 aliphatic heterocycles. The SMILES string of the molecule is Cc1ccc(NC(=O)CS(=O)CC(C)C)c(N)c1. The van der Waals surface area contributed by atoms with Crippen molar-refractivity contribution >= 4 is 28.1 Å². The van der Waals surface area contributed by atoms with E-state index in [0.717, 1.165) is 5.56 Å². The van der Waals surface area contributed by atoms with E-state index in [1.807, 2.05) is 26.8 Å². The maximum Gasteiger partial charge on any atom is 0.237 e. The van der Waals surface area contributed by atoms with Crippen molar-refractivity contribution in [3.05, 3.63) is 23.8 Å². The van der Waals surface area contributed by atoms with Crippen molar-refractivity contribution in [1.82, 2.24) is 0 Å². The number of carbonyl (C=O) groups excluding carboxylic acids is 1. The van der Waals surface area contributed by atoms with Gasteiger partial charge in [0, 0.05) is 16.6 Å². The van der Waals surface area contributed by atoms with Gasteiger partial charge in [0.15, 0.2) is 0 Å². The van der Waals surface area contributed by atoms with Crippen LogP contribution < -0.4 is 11.1 Å². The van der Waals surface area contributed by atoms with Crippen molar-refractivity contribution in [2.24, 2.45) is 5.92 Å². The van der Waals surface area contributed by atoms with Crippen LogP contribution in [0.15, 0.2) is 18.2 Å². The van der Waals surface area contributed by atoms with Crippen LogP contribution in [0, 0.1) is 12.8 Å². The van der Waals surface area contributed by atoms with Crippen LogP contribution in [-0.4, -0.2) is 21.6 Å². The van der Waals surface area contributed by atoms with Crippen LogP contribution >= 0.6 is 0 Å². The number of hydrogen-bond donors (Lipinski definition) is 2. The predicted molar refractivity (Wildman–Crippen MR) is 76.9 cm³/mol. The minimum absolute atomic E-state index is 0.0193. The number of aryl methyl sites for hydroxylation is 1. The second-order valence-electron chi connectivity index (χ2n) is 4.78. The van der Waals surface area contributed by atoms with Gasteiger partial charge in [0.05, 0.1) is 11.4 Å². The van der Waals surface area contributed by atoms with E-state index in [0.29, 0.717) is 23.0 Å². The van der Waals surface area contributed by atoms with Crippen LogP contribution in [0.1, 0.15) is 19.4 Å². The summed E-state index contributed by atoms with van der Waals surface area (Å²) < 4.78 is 11.6. The third kappa shape index (κ3) is 4.87. The molecular formula is C13H20N2O2S. The van der Waals surface area contributed by atoms with Gasteiger partial charge in [0.1, 0.15) is 5.75 Å². The number of benzene rings is 1. The minimum atomic E-state index is -1.12. The summed E-state index contributed by atoms with van der Waals surface area (Å²) >= 11 is 0. The number of rotatable bonds is 5. The Morgan fingerprint density at radius 1 is 1.44 bits per heavy atom. The Hall–Kier alpha value is -1.36. The summed E-state index contributed by atoms with van der Waals surface area (Å²) in [6.45, 7) is 5.89. The lowest BCUT2D eigenvalue weighted by molar-refractivity contribution is -0.113. The molecule has 1 atom stereocenters. The maximum absolute atomic E-state index is 11.7. The number of nitrogens with one attached hydrogen (secondary N) is 1. The quantitative estimate of drug-likeness (QED) is 0.801. The third-order valence-corrected chi connectivity index (χ3v) is 3.92. The molecular weight excluding hydrogens is 248 g/mol. The van der Waals surface area contributed by atoms with Crippen LogP contribution in [0.25, 0.3) is 0 Å². The number of nitrogen functional groups attached to an aromatic ring is 1. The van der Waals surface area contributed by atoms with Crippen molar-refractivity contribution in [3.8, 4) is 0 Å². The first kappa shape index (κ1) is 14.7. The number of carbonyl (C=O) groups is 1. The second-order valence-corrected chi connectivity index (χ2v) is 6.29. The van der Waals surface area contributed by atoms with E-state index in [1.165, 1.54) is 0 Å². The van der Waals surface area contributed by atoms with Gasteiger partial charge in [-0.15, -0.1) is 0 Å². The summed E-state index contributed by atoms with van der Waals surface area (Å²) in [4.78, 5) is 11.7. The highest BCUT2D eigenvalue weighted by Crippen LogP contribution is 2.19. The highest BCUT2D eigenvalue weighted by Gasteiger charge is 2.11. The molecule has 18 heavy (non-hydrogen) atoms. The number of hydrogen-bond acceptors (Lipinski definition) is 3.